The maximum atomic E-state index is 9.67. The Labute approximate surface area is 136 Å². The van der Waals surface area contributed by atoms with Crippen LogP contribution in [0.3, 0.4) is 0 Å². The summed E-state index contributed by atoms with van der Waals surface area (Å²) >= 11 is 0. The number of piperidine rings is 1. The van der Waals surface area contributed by atoms with Crippen molar-refractivity contribution in [1.29, 1.82) is 5.26 Å². The molecule has 1 saturated heterocycles. The van der Waals surface area contributed by atoms with Crippen LogP contribution in [0.5, 0.6) is 0 Å². The van der Waals surface area contributed by atoms with Gasteiger partial charge < -0.3 is 4.90 Å². The Kier molecular flexibility index (Phi) is 4.56. The molecule has 0 aliphatic carbocycles. The van der Waals surface area contributed by atoms with Crippen LogP contribution in [0, 0.1) is 11.3 Å². The lowest BCUT2D eigenvalue weighted by Crippen LogP contribution is -2.36. The summed E-state index contributed by atoms with van der Waals surface area (Å²) in [6, 6.07) is 2.37. The minimum Gasteiger partial charge on any atom is -0.353 e. The number of hydrogen-bond acceptors (Lipinski definition) is 5. The summed E-state index contributed by atoms with van der Waals surface area (Å²) in [5, 5.41) is 25.4. The van der Waals surface area contributed by atoms with Crippen LogP contribution >= 0.6 is 0 Å². The summed E-state index contributed by atoms with van der Waals surface area (Å²) in [6.07, 6.45) is 7.69. The Hall–Kier alpha value is -2.42. The molecule has 0 unspecified atom stereocenters. The molecule has 6 nitrogen and oxygen atoms in total. The van der Waals surface area contributed by atoms with Gasteiger partial charge in [-0.1, -0.05) is 13.8 Å². The lowest BCUT2D eigenvalue weighted by Gasteiger charge is -2.33. The van der Waals surface area contributed by atoms with Gasteiger partial charge in [0.1, 0.15) is 11.6 Å². The summed E-state index contributed by atoms with van der Waals surface area (Å²) in [6.45, 7) is 5.91. The Morgan fingerprint density at radius 3 is 2.87 bits per heavy atom. The summed E-state index contributed by atoms with van der Waals surface area (Å²) in [4.78, 5) is 2.21. The zero-order valence-electron chi connectivity index (χ0n) is 13.7. The highest BCUT2D eigenvalue weighted by atomic mass is 15.3. The van der Waals surface area contributed by atoms with Crippen molar-refractivity contribution in [3.05, 3.63) is 34.8 Å². The van der Waals surface area contributed by atoms with Crippen molar-refractivity contribution in [2.24, 2.45) is 0 Å². The van der Waals surface area contributed by atoms with E-state index in [0.29, 0.717) is 11.5 Å². The number of nitriles is 1. The predicted octanol–water partition coefficient (Wildman–Crippen LogP) is 2.58. The van der Waals surface area contributed by atoms with E-state index >= 15 is 0 Å². The van der Waals surface area contributed by atoms with Gasteiger partial charge in [-0.15, -0.1) is 5.10 Å². The average molecular weight is 310 g/mol. The molecule has 1 atom stereocenters. The largest absolute Gasteiger partial charge is 0.353 e. The molecule has 2 aromatic rings. The van der Waals surface area contributed by atoms with Crippen LogP contribution in [0.25, 0.3) is 0 Å². The molecule has 1 aliphatic rings. The molecular weight excluding hydrogens is 288 g/mol. The number of nitrogens with one attached hydrogen (secondary N) is 1. The quantitative estimate of drug-likeness (QED) is 0.938. The Morgan fingerprint density at radius 1 is 1.35 bits per heavy atom. The van der Waals surface area contributed by atoms with Gasteiger partial charge in [-0.05, 0) is 36.8 Å². The molecule has 6 heteroatoms. The van der Waals surface area contributed by atoms with Gasteiger partial charge in [0, 0.05) is 25.2 Å². The smallest absolute Gasteiger partial charge is 0.169 e. The second kappa shape index (κ2) is 6.78. The normalized spacial score (nSPS) is 18.0. The summed E-state index contributed by atoms with van der Waals surface area (Å²) < 4.78 is 0. The molecule has 1 N–H and O–H groups in total. The monoisotopic (exact) mass is 310 g/mol. The zero-order chi connectivity index (χ0) is 16.2. The first kappa shape index (κ1) is 15.5. The van der Waals surface area contributed by atoms with E-state index in [0.717, 1.165) is 55.8 Å². The van der Waals surface area contributed by atoms with E-state index in [2.05, 4.69) is 45.2 Å². The lowest BCUT2D eigenvalue weighted by molar-refractivity contribution is 0.505. The van der Waals surface area contributed by atoms with Crippen molar-refractivity contribution in [1.82, 2.24) is 20.4 Å². The third kappa shape index (κ3) is 2.91. The van der Waals surface area contributed by atoms with Crippen LogP contribution in [0.2, 0.25) is 0 Å². The second-order valence-electron chi connectivity index (χ2n) is 5.96. The SMILES string of the molecule is CCc1nnc(N2CCC[C@@H](c3cn[nH]c3)C2)c(C#N)c1CC. The van der Waals surface area contributed by atoms with Crippen LogP contribution in [-0.2, 0) is 12.8 Å². The molecule has 0 saturated carbocycles. The van der Waals surface area contributed by atoms with Crippen molar-refractivity contribution in [2.75, 3.05) is 18.0 Å². The predicted molar refractivity (Wildman–Crippen MR) is 88.3 cm³/mol. The average Bonchev–Trinajstić information content (AvgIpc) is 3.15. The Morgan fingerprint density at radius 2 is 2.22 bits per heavy atom. The molecule has 120 valence electrons. The number of aromatic nitrogens is 4. The molecule has 3 rings (SSSR count). The number of aryl methyl sites for hydroxylation is 1. The molecule has 1 fully saturated rings. The number of H-pyrrole nitrogens is 1. The maximum absolute atomic E-state index is 9.67. The molecule has 3 heterocycles. The van der Waals surface area contributed by atoms with E-state index in [1.54, 1.807) is 0 Å². The van der Waals surface area contributed by atoms with Gasteiger partial charge in [-0.2, -0.15) is 15.5 Å². The van der Waals surface area contributed by atoms with Gasteiger partial charge >= 0.3 is 0 Å². The van der Waals surface area contributed by atoms with E-state index in [1.165, 1.54) is 5.56 Å². The van der Waals surface area contributed by atoms with Crippen LogP contribution in [0.4, 0.5) is 5.82 Å². The topological polar surface area (TPSA) is 81.5 Å². The van der Waals surface area contributed by atoms with Crippen molar-refractivity contribution >= 4 is 5.82 Å². The first-order chi connectivity index (χ1) is 11.3. The molecule has 1 aliphatic heterocycles. The third-order valence-electron chi connectivity index (χ3n) is 4.65. The zero-order valence-corrected chi connectivity index (χ0v) is 13.7. The maximum Gasteiger partial charge on any atom is 0.169 e. The summed E-state index contributed by atoms with van der Waals surface area (Å²) in [5.74, 6) is 1.17. The molecule has 0 aromatic carbocycles. The van der Waals surface area contributed by atoms with Gasteiger partial charge in [0.05, 0.1) is 11.9 Å². The van der Waals surface area contributed by atoms with E-state index in [1.807, 2.05) is 12.4 Å². The van der Waals surface area contributed by atoms with Gasteiger partial charge in [0.15, 0.2) is 5.82 Å². The second-order valence-corrected chi connectivity index (χ2v) is 5.96. The van der Waals surface area contributed by atoms with E-state index < -0.39 is 0 Å². The molecule has 23 heavy (non-hydrogen) atoms. The summed E-state index contributed by atoms with van der Waals surface area (Å²) in [7, 11) is 0. The van der Waals surface area contributed by atoms with Crippen molar-refractivity contribution in [3.8, 4) is 6.07 Å². The molecular formula is C17H22N6. The standard InChI is InChI=1S/C17H22N6/c1-3-14-15(8-18)17(22-21-16(14)4-2)23-7-5-6-12(11-23)13-9-19-20-10-13/h9-10,12H,3-7,11H2,1-2H3,(H,19,20)/t12-/m1/s1. The van der Waals surface area contributed by atoms with Crippen LogP contribution in [0.1, 0.15) is 55.0 Å². The fourth-order valence-corrected chi connectivity index (χ4v) is 3.43. The number of nitrogens with zero attached hydrogens (tertiary/aromatic N) is 5. The molecule has 0 radical (unpaired) electrons. The van der Waals surface area contributed by atoms with E-state index in [4.69, 9.17) is 0 Å². The number of anilines is 1. The van der Waals surface area contributed by atoms with Crippen molar-refractivity contribution < 1.29 is 0 Å². The number of rotatable bonds is 4. The van der Waals surface area contributed by atoms with Gasteiger partial charge in [0.25, 0.3) is 0 Å². The fourth-order valence-electron chi connectivity index (χ4n) is 3.43. The van der Waals surface area contributed by atoms with Crippen LogP contribution in [0.15, 0.2) is 12.4 Å². The molecule has 2 aromatic heterocycles. The number of hydrogen-bond donors (Lipinski definition) is 1. The first-order valence-corrected chi connectivity index (χ1v) is 8.30. The van der Waals surface area contributed by atoms with E-state index in [9.17, 15) is 5.26 Å². The van der Waals surface area contributed by atoms with Crippen molar-refractivity contribution in [2.45, 2.75) is 45.4 Å². The fraction of sp³-hybridized carbons (Fsp3) is 0.529. The van der Waals surface area contributed by atoms with Crippen LogP contribution in [-0.4, -0.2) is 33.5 Å². The van der Waals surface area contributed by atoms with Crippen LogP contribution < -0.4 is 4.90 Å². The minimum absolute atomic E-state index is 0.423. The van der Waals surface area contributed by atoms with E-state index in [-0.39, 0.29) is 0 Å². The van der Waals surface area contributed by atoms with Gasteiger partial charge in [0.2, 0.25) is 0 Å². The molecule has 0 bridgehead atoms. The Balaban J connectivity index is 1.93. The first-order valence-electron chi connectivity index (χ1n) is 8.30. The lowest BCUT2D eigenvalue weighted by atomic mass is 9.92. The molecule has 0 spiro atoms. The Bertz CT molecular complexity index is 701. The third-order valence-corrected chi connectivity index (χ3v) is 4.65. The highest BCUT2D eigenvalue weighted by Gasteiger charge is 2.26. The summed E-state index contributed by atoms with van der Waals surface area (Å²) in [5.41, 5.74) is 3.91. The van der Waals surface area contributed by atoms with Crippen molar-refractivity contribution in [3.63, 3.8) is 0 Å². The van der Waals surface area contributed by atoms with Gasteiger partial charge in [-0.25, -0.2) is 0 Å². The molecule has 0 amide bonds. The highest BCUT2D eigenvalue weighted by molar-refractivity contribution is 5.58. The van der Waals surface area contributed by atoms with Gasteiger partial charge in [-0.3, -0.25) is 5.10 Å². The highest BCUT2D eigenvalue weighted by Crippen LogP contribution is 2.31. The number of aromatic amines is 1. The minimum atomic E-state index is 0.423.